The summed E-state index contributed by atoms with van der Waals surface area (Å²) < 4.78 is 5.49. The van der Waals surface area contributed by atoms with Crippen LogP contribution in [0.3, 0.4) is 0 Å². The molecular formula is C12H19N3O2. The van der Waals surface area contributed by atoms with E-state index in [0.29, 0.717) is 18.4 Å². The van der Waals surface area contributed by atoms with Crippen LogP contribution in [0, 0.1) is 5.92 Å². The zero-order valence-electron chi connectivity index (χ0n) is 10.3. The summed E-state index contributed by atoms with van der Waals surface area (Å²) in [6.45, 7) is 4.81. The van der Waals surface area contributed by atoms with Crippen LogP contribution in [0.25, 0.3) is 0 Å². The number of pyridine rings is 1. The Morgan fingerprint density at radius 3 is 2.88 bits per heavy atom. The van der Waals surface area contributed by atoms with Crippen LogP contribution in [-0.2, 0) is 0 Å². The Balaban J connectivity index is 2.66. The van der Waals surface area contributed by atoms with Gasteiger partial charge in [0, 0.05) is 6.07 Å². The molecule has 0 saturated heterocycles. The van der Waals surface area contributed by atoms with Crippen molar-refractivity contribution in [1.29, 1.82) is 0 Å². The van der Waals surface area contributed by atoms with E-state index in [0.717, 1.165) is 12.8 Å². The number of nitrogen functional groups attached to an aromatic ring is 1. The van der Waals surface area contributed by atoms with Crippen molar-refractivity contribution in [3.63, 3.8) is 0 Å². The highest BCUT2D eigenvalue weighted by atomic mass is 16.5. The number of amides is 1. The third kappa shape index (κ3) is 3.94. The van der Waals surface area contributed by atoms with Gasteiger partial charge >= 0.3 is 0 Å². The number of rotatable bonds is 6. The Morgan fingerprint density at radius 1 is 1.59 bits per heavy atom. The fourth-order valence-corrected chi connectivity index (χ4v) is 1.54. The summed E-state index contributed by atoms with van der Waals surface area (Å²) in [6.07, 6.45) is 3.60. The van der Waals surface area contributed by atoms with E-state index in [1.165, 1.54) is 12.3 Å². The molecule has 0 radical (unpaired) electrons. The molecule has 1 unspecified atom stereocenters. The minimum absolute atomic E-state index is 0.248. The van der Waals surface area contributed by atoms with Crippen LogP contribution < -0.4 is 16.2 Å². The van der Waals surface area contributed by atoms with Crippen molar-refractivity contribution >= 4 is 11.6 Å². The van der Waals surface area contributed by atoms with Gasteiger partial charge in [-0.3, -0.25) is 4.79 Å². The van der Waals surface area contributed by atoms with Crippen LogP contribution in [0.4, 0.5) is 5.69 Å². The summed E-state index contributed by atoms with van der Waals surface area (Å²) in [5.74, 6) is 0.267. The molecule has 1 aromatic rings. The fourth-order valence-electron chi connectivity index (χ4n) is 1.54. The van der Waals surface area contributed by atoms with E-state index in [9.17, 15) is 4.79 Å². The minimum atomic E-state index is -0.573. The van der Waals surface area contributed by atoms with Gasteiger partial charge in [0.2, 0.25) is 5.88 Å². The smallest absolute Gasteiger partial charge is 0.251 e. The largest absolute Gasteiger partial charge is 0.477 e. The second-order valence-electron chi connectivity index (χ2n) is 4.18. The molecule has 0 spiro atoms. The molecule has 1 rings (SSSR count). The number of carbonyl (C=O) groups excluding carboxylic acids is 1. The molecule has 0 aliphatic carbocycles. The highest BCUT2D eigenvalue weighted by molar-refractivity contribution is 5.97. The van der Waals surface area contributed by atoms with Gasteiger partial charge in [-0.25, -0.2) is 4.98 Å². The predicted molar refractivity (Wildman–Crippen MR) is 66.7 cm³/mol. The van der Waals surface area contributed by atoms with Gasteiger partial charge in [0.25, 0.3) is 5.91 Å². The van der Waals surface area contributed by atoms with E-state index >= 15 is 0 Å². The maximum atomic E-state index is 11.1. The van der Waals surface area contributed by atoms with Crippen LogP contribution in [0.15, 0.2) is 12.3 Å². The van der Waals surface area contributed by atoms with E-state index in [1.54, 1.807) is 0 Å². The third-order valence-electron chi connectivity index (χ3n) is 2.47. The number of hydrogen-bond acceptors (Lipinski definition) is 4. The summed E-state index contributed by atoms with van der Waals surface area (Å²) in [4.78, 5) is 15.1. The molecule has 1 heterocycles. The van der Waals surface area contributed by atoms with Crippen LogP contribution in [-0.4, -0.2) is 17.5 Å². The van der Waals surface area contributed by atoms with Crippen LogP contribution >= 0.6 is 0 Å². The molecule has 0 aliphatic rings. The number of primary amides is 1. The zero-order chi connectivity index (χ0) is 12.8. The summed E-state index contributed by atoms with van der Waals surface area (Å²) in [5, 5.41) is 0. The standard InChI is InChI=1S/C12H19N3O2/c1-3-4-8(2)7-17-11-5-9(12(14)16)10(13)6-15-11/h5-6,8H,3-4,7,13H2,1-2H3,(H2,14,16). The second kappa shape index (κ2) is 6.08. The summed E-state index contributed by atoms with van der Waals surface area (Å²) in [7, 11) is 0. The van der Waals surface area contributed by atoms with Gasteiger partial charge in [-0.05, 0) is 12.3 Å². The normalized spacial score (nSPS) is 12.1. The van der Waals surface area contributed by atoms with E-state index in [4.69, 9.17) is 16.2 Å². The molecule has 0 saturated carbocycles. The van der Waals surface area contributed by atoms with E-state index in [2.05, 4.69) is 18.8 Å². The molecule has 1 amide bonds. The molecule has 17 heavy (non-hydrogen) atoms. The SMILES string of the molecule is CCCC(C)COc1cc(C(N)=O)c(N)cn1. The lowest BCUT2D eigenvalue weighted by molar-refractivity contribution is 0.100. The number of nitrogens with two attached hydrogens (primary N) is 2. The average Bonchev–Trinajstić information content (AvgIpc) is 2.28. The lowest BCUT2D eigenvalue weighted by Gasteiger charge is -2.12. The number of carbonyl (C=O) groups is 1. The van der Waals surface area contributed by atoms with Crippen molar-refractivity contribution < 1.29 is 9.53 Å². The molecule has 0 bridgehead atoms. The number of hydrogen-bond donors (Lipinski definition) is 2. The average molecular weight is 237 g/mol. The number of aromatic nitrogens is 1. The number of ether oxygens (including phenoxy) is 1. The van der Waals surface area contributed by atoms with E-state index in [-0.39, 0.29) is 11.3 Å². The molecule has 5 nitrogen and oxygen atoms in total. The lowest BCUT2D eigenvalue weighted by atomic mass is 10.1. The zero-order valence-corrected chi connectivity index (χ0v) is 10.3. The van der Waals surface area contributed by atoms with Gasteiger partial charge in [0.05, 0.1) is 24.1 Å². The Bertz CT molecular complexity index is 393. The Hall–Kier alpha value is -1.78. The molecular weight excluding hydrogens is 218 g/mol. The molecule has 1 aromatic heterocycles. The maximum Gasteiger partial charge on any atom is 0.251 e. The first-order valence-electron chi connectivity index (χ1n) is 5.72. The van der Waals surface area contributed by atoms with Crippen LogP contribution in [0.5, 0.6) is 5.88 Å². The van der Waals surface area contributed by atoms with Crippen molar-refractivity contribution in [3.8, 4) is 5.88 Å². The second-order valence-corrected chi connectivity index (χ2v) is 4.18. The molecule has 94 valence electrons. The molecule has 4 N–H and O–H groups in total. The number of nitrogens with zero attached hydrogens (tertiary/aromatic N) is 1. The maximum absolute atomic E-state index is 11.1. The van der Waals surface area contributed by atoms with Gasteiger partial charge in [0.1, 0.15) is 0 Å². The summed E-state index contributed by atoms with van der Waals surface area (Å²) in [6, 6.07) is 1.48. The molecule has 0 aromatic carbocycles. The fraction of sp³-hybridized carbons (Fsp3) is 0.500. The highest BCUT2D eigenvalue weighted by Gasteiger charge is 2.09. The van der Waals surface area contributed by atoms with Crippen molar-refractivity contribution in [3.05, 3.63) is 17.8 Å². The molecule has 0 fully saturated rings. The summed E-state index contributed by atoms with van der Waals surface area (Å²) >= 11 is 0. The van der Waals surface area contributed by atoms with E-state index in [1.807, 2.05) is 0 Å². The quantitative estimate of drug-likeness (QED) is 0.785. The Labute approximate surface area is 101 Å². The predicted octanol–water partition coefficient (Wildman–Crippen LogP) is 1.58. The van der Waals surface area contributed by atoms with Gasteiger partial charge < -0.3 is 16.2 Å². The molecule has 5 heteroatoms. The first-order valence-corrected chi connectivity index (χ1v) is 5.72. The lowest BCUT2D eigenvalue weighted by Crippen LogP contribution is -2.15. The Kier molecular flexibility index (Phi) is 4.75. The third-order valence-corrected chi connectivity index (χ3v) is 2.47. The van der Waals surface area contributed by atoms with Gasteiger partial charge in [-0.2, -0.15) is 0 Å². The van der Waals surface area contributed by atoms with Gasteiger partial charge in [-0.15, -0.1) is 0 Å². The van der Waals surface area contributed by atoms with Gasteiger partial charge in [-0.1, -0.05) is 20.3 Å². The number of anilines is 1. The first-order chi connectivity index (χ1) is 8.04. The highest BCUT2D eigenvalue weighted by Crippen LogP contribution is 2.17. The first kappa shape index (κ1) is 13.3. The molecule has 1 atom stereocenters. The van der Waals surface area contributed by atoms with Gasteiger partial charge in [0.15, 0.2) is 0 Å². The van der Waals surface area contributed by atoms with Crippen molar-refractivity contribution in [2.24, 2.45) is 11.7 Å². The topological polar surface area (TPSA) is 91.2 Å². The monoisotopic (exact) mass is 237 g/mol. The minimum Gasteiger partial charge on any atom is -0.477 e. The van der Waals surface area contributed by atoms with Crippen molar-refractivity contribution in [1.82, 2.24) is 4.98 Å². The van der Waals surface area contributed by atoms with Crippen LogP contribution in [0.2, 0.25) is 0 Å². The molecule has 0 aliphatic heterocycles. The van der Waals surface area contributed by atoms with E-state index < -0.39 is 5.91 Å². The van der Waals surface area contributed by atoms with Crippen molar-refractivity contribution in [2.75, 3.05) is 12.3 Å². The Morgan fingerprint density at radius 2 is 2.29 bits per heavy atom. The van der Waals surface area contributed by atoms with Crippen molar-refractivity contribution in [2.45, 2.75) is 26.7 Å². The summed E-state index contributed by atoms with van der Waals surface area (Å²) in [5.41, 5.74) is 11.3. The van der Waals surface area contributed by atoms with Crippen LogP contribution in [0.1, 0.15) is 37.0 Å².